The summed E-state index contributed by atoms with van der Waals surface area (Å²) in [7, 11) is 0. The highest BCUT2D eigenvalue weighted by Gasteiger charge is 2.03. The van der Waals surface area contributed by atoms with Crippen LogP contribution in [0.5, 0.6) is 0 Å². The van der Waals surface area contributed by atoms with Crippen LogP contribution < -0.4 is 5.56 Å². The first-order valence-corrected chi connectivity index (χ1v) is 5.44. The number of hydrogen-bond acceptors (Lipinski definition) is 5. The Morgan fingerprint density at radius 1 is 1.33 bits per heavy atom. The largest absolute Gasteiger partial charge is 0.301 e. The Balaban J connectivity index is 2.54. The third kappa shape index (κ3) is 2.21. The number of hydrogen-bond donors (Lipinski definition) is 1. The second-order valence-corrected chi connectivity index (χ2v) is 3.53. The molecule has 0 aliphatic carbocycles. The van der Waals surface area contributed by atoms with Crippen LogP contribution in [0.3, 0.4) is 0 Å². The summed E-state index contributed by atoms with van der Waals surface area (Å²) >= 11 is 1.38. The molecule has 0 fully saturated rings. The molecule has 2 heterocycles. The summed E-state index contributed by atoms with van der Waals surface area (Å²) in [5.41, 5.74) is 0.949. The summed E-state index contributed by atoms with van der Waals surface area (Å²) in [4.78, 5) is 26.1. The van der Waals surface area contributed by atoms with E-state index in [2.05, 4.69) is 19.9 Å². The van der Waals surface area contributed by atoms with Crippen LogP contribution in [0.15, 0.2) is 34.6 Å². The Morgan fingerprint density at radius 3 is 2.87 bits per heavy atom. The summed E-state index contributed by atoms with van der Waals surface area (Å²) in [5, 5.41) is 0.572. The van der Waals surface area contributed by atoms with Crippen molar-refractivity contribution >= 4 is 11.8 Å². The van der Waals surface area contributed by atoms with E-state index in [1.165, 1.54) is 17.8 Å². The van der Waals surface area contributed by atoms with Crippen LogP contribution in [0.4, 0.5) is 0 Å². The fourth-order valence-corrected chi connectivity index (χ4v) is 1.49. The maximum absolute atomic E-state index is 11.3. The number of H-pyrrole nitrogens is 1. The van der Waals surface area contributed by atoms with Crippen molar-refractivity contribution in [3.63, 3.8) is 0 Å². The summed E-state index contributed by atoms with van der Waals surface area (Å²) in [5.74, 6) is 0. The molecule has 5 nitrogen and oxygen atoms in total. The maximum Gasteiger partial charge on any atom is 0.252 e. The molecule has 0 unspecified atom stereocenters. The molecule has 0 amide bonds. The Morgan fingerprint density at radius 2 is 2.20 bits per heavy atom. The van der Waals surface area contributed by atoms with E-state index in [4.69, 9.17) is 0 Å². The standard InChI is InChI=1S/C9H8N4OS/c1-15-9-12-6(4-8(14)13-9)7-5-10-2-3-11-7/h2-5H,1H3,(H,12,13,14). The molecule has 2 rings (SSSR count). The minimum absolute atomic E-state index is 0.185. The van der Waals surface area contributed by atoms with Crippen molar-refractivity contribution in [2.45, 2.75) is 5.16 Å². The Labute approximate surface area is 90.0 Å². The van der Waals surface area contributed by atoms with Crippen LogP contribution in [0.1, 0.15) is 0 Å². The number of aromatic amines is 1. The lowest BCUT2D eigenvalue weighted by Crippen LogP contribution is -2.08. The average Bonchev–Trinajstić information content (AvgIpc) is 2.29. The summed E-state index contributed by atoms with van der Waals surface area (Å²) in [6.45, 7) is 0. The molecule has 15 heavy (non-hydrogen) atoms. The maximum atomic E-state index is 11.3. The number of aromatic nitrogens is 4. The molecule has 76 valence electrons. The molecule has 0 bridgehead atoms. The summed E-state index contributed by atoms with van der Waals surface area (Å²) in [6.07, 6.45) is 6.56. The molecule has 0 spiro atoms. The normalized spacial score (nSPS) is 10.2. The Bertz CT molecular complexity index is 511. The zero-order valence-electron chi connectivity index (χ0n) is 7.97. The monoisotopic (exact) mass is 220 g/mol. The number of nitrogens with zero attached hydrogens (tertiary/aromatic N) is 3. The topological polar surface area (TPSA) is 71.5 Å². The highest BCUT2D eigenvalue weighted by Crippen LogP contribution is 2.13. The number of nitrogens with one attached hydrogen (secondary N) is 1. The molecule has 1 N–H and O–H groups in total. The molecule has 0 aromatic carbocycles. The van der Waals surface area contributed by atoms with Gasteiger partial charge in [0.15, 0.2) is 5.16 Å². The van der Waals surface area contributed by atoms with Crippen LogP contribution in [0.2, 0.25) is 0 Å². The van der Waals surface area contributed by atoms with Crippen LogP contribution in [-0.4, -0.2) is 26.2 Å². The van der Waals surface area contributed by atoms with Crippen LogP contribution in [0, 0.1) is 0 Å². The summed E-state index contributed by atoms with van der Waals surface area (Å²) in [6, 6.07) is 1.41. The van der Waals surface area contributed by atoms with E-state index in [1.807, 2.05) is 6.26 Å². The van der Waals surface area contributed by atoms with Gasteiger partial charge in [0.2, 0.25) is 0 Å². The molecule has 6 heteroatoms. The Kier molecular flexibility index (Phi) is 2.77. The highest BCUT2D eigenvalue weighted by molar-refractivity contribution is 7.98. The molecule has 0 radical (unpaired) electrons. The second-order valence-electron chi connectivity index (χ2n) is 2.73. The smallest absolute Gasteiger partial charge is 0.252 e. The molecule has 2 aromatic heterocycles. The van der Waals surface area contributed by atoms with Crippen molar-refractivity contribution in [1.29, 1.82) is 0 Å². The van der Waals surface area contributed by atoms with Crippen LogP contribution in [-0.2, 0) is 0 Å². The van der Waals surface area contributed by atoms with E-state index in [9.17, 15) is 4.79 Å². The lowest BCUT2D eigenvalue weighted by atomic mass is 10.3. The van der Waals surface area contributed by atoms with Gasteiger partial charge in [-0.2, -0.15) is 0 Å². The van der Waals surface area contributed by atoms with Gasteiger partial charge in [0, 0.05) is 18.5 Å². The van der Waals surface area contributed by atoms with Crippen molar-refractivity contribution in [2.24, 2.45) is 0 Å². The second kappa shape index (κ2) is 4.22. The third-order valence-corrected chi connectivity index (χ3v) is 2.32. The highest BCUT2D eigenvalue weighted by atomic mass is 32.2. The van der Waals surface area contributed by atoms with Gasteiger partial charge in [-0.25, -0.2) is 4.98 Å². The molecule has 0 saturated carbocycles. The molecule has 0 atom stereocenters. The lowest BCUT2D eigenvalue weighted by Gasteiger charge is -2.00. The van der Waals surface area contributed by atoms with E-state index in [0.717, 1.165) is 0 Å². The van der Waals surface area contributed by atoms with Gasteiger partial charge in [-0.05, 0) is 6.26 Å². The van der Waals surface area contributed by atoms with Gasteiger partial charge in [-0.15, -0.1) is 0 Å². The van der Waals surface area contributed by atoms with Gasteiger partial charge in [-0.3, -0.25) is 14.8 Å². The van der Waals surface area contributed by atoms with E-state index >= 15 is 0 Å². The molecule has 0 aliphatic heterocycles. The zero-order valence-corrected chi connectivity index (χ0v) is 8.78. The van der Waals surface area contributed by atoms with E-state index in [0.29, 0.717) is 16.5 Å². The quantitative estimate of drug-likeness (QED) is 0.602. The fraction of sp³-hybridized carbons (Fsp3) is 0.111. The molecule has 0 saturated heterocycles. The minimum Gasteiger partial charge on any atom is -0.301 e. The van der Waals surface area contributed by atoms with Crippen molar-refractivity contribution in [2.75, 3.05) is 6.26 Å². The minimum atomic E-state index is -0.185. The van der Waals surface area contributed by atoms with E-state index in [-0.39, 0.29) is 5.56 Å². The van der Waals surface area contributed by atoms with Crippen LogP contribution >= 0.6 is 11.8 Å². The first kappa shape index (κ1) is 9.85. The average molecular weight is 220 g/mol. The molecule has 0 aliphatic rings. The predicted octanol–water partition coefficient (Wildman–Crippen LogP) is 0.949. The van der Waals surface area contributed by atoms with Gasteiger partial charge >= 0.3 is 0 Å². The van der Waals surface area contributed by atoms with Gasteiger partial charge in [0.25, 0.3) is 5.56 Å². The summed E-state index contributed by atoms with van der Waals surface area (Å²) < 4.78 is 0. The molecular weight excluding hydrogens is 212 g/mol. The van der Waals surface area contributed by atoms with E-state index < -0.39 is 0 Å². The number of rotatable bonds is 2. The zero-order chi connectivity index (χ0) is 10.7. The first-order valence-electron chi connectivity index (χ1n) is 4.21. The van der Waals surface area contributed by atoms with Crippen molar-refractivity contribution < 1.29 is 0 Å². The van der Waals surface area contributed by atoms with Crippen LogP contribution in [0.25, 0.3) is 11.4 Å². The van der Waals surface area contributed by atoms with Crippen molar-refractivity contribution in [3.05, 3.63) is 35.0 Å². The lowest BCUT2D eigenvalue weighted by molar-refractivity contribution is 0.939. The van der Waals surface area contributed by atoms with Crippen molar-refractivity contribution in [3.8, 4) is 11.4 Å². The SMILES string of the molecule is CSc1nc(-c2cnccn2)cc(=O)[nH]1. The molecular formula is C9H8N4OS. The van der Waals surface area contributed by atoms with Gasteiger partial charge < -0.3 is 4.98 Å². The first-order chi connectivity index (χ1) is 7.29. The van der Waals surface area contributed by atoms with Gasteiger partial charge in [-0.1, -0.05) is 11.8 Å². The third-order valence-electron chi connectivity index (χ3n) is 1.74. The number of thioether (sulfide) groups is 1. The fourth-order valence-electron chi connectivity index (χ4n) is 1.09. The molecule has 2 aromatic rings. The van der Waals surface area contributed by atoms with Gasteiger partial charge in [0.05, 0.1) is 11.9 Å². The van der Waals surface area contributed by atoms with E-state index in [1.54, 1.807) is 18.6 Å². The predicted molar refractivity (Wildman–Crippen MR) is 57.7 cm³/mol. The van der Waals surface area contributed by atoms with Gasteiger partial charge in [0.1, 0.15) is 5.69 Å². The Hall–Kier alpha value is -1.69. The van der Waals surface area contributed by atoms with Crippen molar-refractivity contribution in [1.82, 2.24) is 19.9 Å².